The van der Waals surface area contributed by atoms with Gasteiger partial charge in [-0.05, 0) is 60.0 Å². The Morgan fingerprint density at radius 1 is 1.03 bits per heavy atom. The molecule has 9 heteroatoms. The van der Waals surface area contributed by atoms with Crippen LogP contribution >= 0.6 is 43.5 Å². The molecule has 0 aromatic heterocycles. The zero-order valence-electron chi connectivity index (χ0n) is 18.7. The van der Waals surface area contributed by atoms with Crippen molar-refractivity contribution in [2.24, 2.45) is 0 Å². The fourth-order valence-corrected chi connectivity index (χ4v) is 4.98. The van der Waals surface area contributed by atoms with Gasteiger partial charge in [-0.3, -0.25) is 14.9 Å². The van der Waals surface area contributed by atoms with Crippen molar-refractivity contribution in [3.05, 3.63) is 96.4 Å². The lowest BCUT2D eigenvalue weighted by molar-refractivity contribution is -0.122. The summed E-state index contributed by atoms with van der Waals surface area (Å²) in [6, 6.07) is 15.5. The van der Waals surface area contributed by atoms with Crippen molar-refractivity contribution in [1.29, 1.82) is 0 Å². The number of carbonyl (C=O) groups excluding carboxylic acids is 3. The molecule has 1 heterocycles. The number of amides is 4. The maximum atomic E-state index is 13.3. The van der Waals surface area contributed by atoms with Crippen molar-refractivity contribution >= 4 is 73.1 Å². The summed E-state index contributed by atoms with van der Waals surface area (Å²) in [6.45, 7) is 1.70. The average Bonchev–Trinajstić information content (AvgIpc) is 2.82. The second-order valence-corrected chi connectivity index (χ2v) is 9.91. The molecular formula is C26H19Br2ClN2O4. The molecule has 0 bridgehead atoms. The maximum absolute atomic E-state index is 13.3. The highest BCUT2D eigenvalue weighted by molar-refractivity contribution is 9.10. The first-order valence-corrected chi connectivity index (χ1v) is 12.4. The molecule has 0 unspecified atom stereocenters. The Labute approximate surface area is 224 Å². The zero-order chi connectivity index (χ0) is 25.3. The van der Waals surface area contributed by atoms with Gasteiger partial charge in [-0.2, -0.15) is 0 Å². The Kier molecular flexibility index (Phi) is 7.44. The average molecular weight is 619 g/mol. The minimum atomic E-state index is -0.829. The van der Waals surface area contributed by atoms with Crippen LogP contribution in [0.3, 0.4) is 0 Å². The van der Waals surface area contributed by atoms with Gasteiger partial charge < -0.3 is 4.74 Å². The zero-order valence-corrected chi connectivity index (χ0v) is 22.6. The van der Waals surface area contributed by atoms with E-state index in [1.807, 2.05) is 24.3 Å². The highest BCUT2D eigenvalue weighted by atomic mass is 79.9. The Hall–Kier alpha value is -2.94. The quantitative estimate of drug-likeness (QED) is 0.264. The smallest absolute Gasteiger partial charge is 0.335 e. The van der Waals surface area contributed by atoms with Crippen LogP contribution in [-0.2, 0) is 16.0 Å². The summed E-state index contributed by atoms with van der Waals surface area (Å²) in [5.74, 6) is -0.927. The number of barbiturate groups is 1. The predicted molar refractivity (Wildman–Crippen MR) is 143 cm³/mol. The highest BCUT2D eigenvalue weighted by Crippen LogP contribution is 2.34. The Morgan fingerprint density at radius 2 is 1.77 bits per heavy atom. The van der Waals surface area contributed by atoms with Crippen LogP contribution in [0, 0.1) is 6.92 Å². The van der Waals surface area contributed by atoms with Gasteiger partial charge in [-0.15, -0.1) is 0 Å². The SMILES string of the molecule is COc1cc(/C=C2\C(=O)NC(=O)N(c3cccc(Cl)c3C)C2=O)cc(Br)c1Cc1ccccc1Br. The van der Waals surface area contributed by atoms with Crippen LogP contribution in [-0.4, -0.2) is 25.0 Å². The maximum Gasteiger partial charge on any atom is 0.335 e. The van der Waals surface area contributed by atoms with Gasteiger partial charge in [0, 0.05) is 26.0 Å². The van der Waals surface area contributed by atoms with Gasteiger partial charge >= 0.3 is 6.03 Å². The van der Waals surface area contributed by atoms with E-state index in [-0.39, 0.29) is 5.57 Å². The molecule has 1 aliphatic heterocycles. The molecule has 6 nitrogen and oxygen atoms in total. The monoisotopic (exact) mass is 616 g/mol. The summed E-state index contributed by atoms with van der Waals surface area (Å²) in [6.07, 6.45) is 2.03. The standard InChI is InChI=1S/C26H19Br2ClN2O4/c1-14-21(29)8-5-9-22(14)31-25(33)18(24(32)30-26(31)34)10-15-11-20(28)17(23(12-15)35-2)13-16-6-3-4-7-19(16)27/h3-12H,13H2,1-2H3,(H,30,32,34)/b18-10+. The van der Waals surface area contributed by atoms with E-state index in [1.54, 1.807) is 44.4 Å². The largest absolute Gasteiger partial charge is 0.496 e. The van der Waals surface area contributed by atoms with E-state index in [9.17, 15) is 14.4 Å². The van der Waals surface area contributed by atoms with Gasteiger partial charge in [0.05, 0.1) is 12.8 Å². The number of anilines is 1. The fourth-order valence-electron chi connectivity index (χ4n) is 3.78. The number of rotatable bonds is 5. The van der Waals surface area contributed by atoms with Crippen LogP contribution in [0.15, 0.2) is 69.1 Å². The summed E-state index contributed by atoms with van der Waals surface area (Å²) in [5.41, 5.74) is 3.21. The van der Waals surface area contributed by atoms with E-state index < -0.39 is 17.8 Å². The van der Waals surface area contributed by atoms with Gasteiger partial charge in [0.2, 0.25) is 0 Å². The molecule has 4 amide bonds. The third-order valence-corrected chi connectivity index (χ3v) is 7.51. The fraction of sp³-hybridized carbons (Fsp3) is 0.115. The topological polar surface area (TPSA) is 75.7 Å². The van der Waals surface area contributed by atoms with Crippen molar-refractivity contribution in [1.82, 2.24) is 5.32 Å². The summed E-state index contributed by atoms with van der Waals surface area (Å²) in [7, 11) is 1.56. The molecule has 35 heavy (non-hydrogen) atoms. The molecule has 0 radical (unpaired) electrons. The lowest BCUT2D eigenvalue weighted by Gasteiger charge is -2.27. The van der Waals surface area contributed by atoms with Crippen LogP contribution in [0.1, 0.15) is 22.3 Å². The normalized spacial score (nSPS) is 14.9. The van der Waals surface area contributed by atoms with Crippen molar-refractivity contribution in [2.45, 2.75) is 13.3 Å². The van der Waals surface area contributed by atoms with Gasteiger partial charge in [-0.1, -0.05) is 67.7 Å². The molecule has 1 aliphatic rings. The number of benzene rings is 3. The number of imide groups is 2. The molecular weight excluding hydrogens is 600 g/mol. The first kappa shape index (κ1) is 25.2. The second kappa shape index (κ2) is 10.4. The van der Waals surface area contributed by atoms with E-state index in [0.29, 0.717) is 34.0 Å². The number of nitrogens with zero attached hydrogens (tertiary/aromatic N) is 1. The number of urea groups is 1. The molecule has 0 atom stereocenters. The van der Waals surface area contributed by atoms with Crippen molar-refractivity contribution in [2.75, 3.05) is 12.0 Å². The van der Waals surface area contributed by atoms with Gasteiger partial charge in [-0.25, -0.2) is 9.69 Å². The molecule has 0 saturated carbocycles. The Morgan fingerprint density at radius 3 is 2.49 bits per heavy atom. The van der Waals surface area contributed by atoms with E-state index in [0.717, 1.165) is 25.0 Å². The number of methoxy groups -OCH3 is 1. The number of ether oxygens (including phenoxy) is 1. The van der Waals surface area contributed by atoms with Crippen LogP contribution in [0.4, 0.5) is 10.5 Å². The van der Waals surface area contributed by atoms with Crippen molar-refractivity contribution < 1.29 is 19.1 Å². The van der Waals surface area contributed by atoms with Crippen LogP contribution in [0.2, 0.25) is 5.02 Å². The van der Waals surface area contributed by atoms with Gasteiger partial charge in [0.15, 0.2) is 0 Å². The molecule has 178 valence electrons. The number of halogens is 3. The van der Waals surface area contributed by atoms with Crippen LogP contribution in [0.25, 0.3) is 6.08 Å². The van der Waals surface area contributed by atoms with E-state index in [1.165, 1.54) is 6.08 Å². The summed E-state index contributed by atoms with van der Waals surface area (Å²) in [5, 5.41) is 2.64. The van der Waals surface area contributed by atoms with Crippen molar-refractivity contribution in [3.8, 4) is 5.75 Å². The molecule has 1 saturated heterocycles. The minimum absolute atomic E-state index is 0.184. The van der Waals surface area contributed by atoms with Crippen LogP contribution < -0.4 is 15.0 Å². The number of nitrogens with one attached hydrogen (secondary N) is 1. The molecule has 4 rings (SSSR count). The predicted octanol–water partition coefficient (Wildman–Crippen LogP) is 6.44. The molecule has 1 fully saturated rings. The molecule has 3 aromatic rings. The lowest BCUT2D eigenvalue weighted by atomic mass is 10.0. The van der Waals surface area contributed by atoms with Crippen LogP contribution in [0.5, 0.6) is 5.75 Å². The molecule has 3 aromatic carbocycles. The minimum Gasteiger partial charge on any atom is -0.496 e. The number of carbonyl (C=O) groups is 3. The second-order valence-electron chi connectivity index (χ2n) is 7.79. The third kappa shape index (κ3) is 5.05. The third-order valence-electron chi connectivity index (χ3n) is 5.61. The van der Waals surface area contributed by atoms with Gasteiger partial charge in [0.25, 0.3) is 11.8 Å². The molecule has 0 spiro atoms. The number of hydrogen-bond acceptors (Lipinski definition) is 4. The van der Waals surface area contributed by atoms with E-state index in [2.05, 4.69) is 37.2 Å². The summed E-state index contributed by atoms with van der Waals surface area (Å²) in [4.78, 5) is 39.4. The Bertz CT molecular complexity index is 1400. The van der Waals surface area contributed by atoms with E-state index >= 15 is 0 Å². The first-order chi connectivity index (χ1) is 16.7. The molecule has 1 N–H and O–H groups in total. The lowest BCUT2D eigenvalue weighted by Crippen LogP contribution is -2.54. The number of hydrogen-bond donors (Lipinski definition) is 1. The first-order valence-electron chi connectivity index (χ1n) is 10.5. The Balaban J connectivity index is 1.73. The molecule has 0 aliphatic carbocycles. The summed E-state index contributed by atoms with van der Waals surface area (Å²) < 4.78 is 7.35. The summed E-state index contributed by atoms with van der Waals surface area (Å²) >= 11 is 13.4. The highest BCUT2D eigenvalue weighted by Gasteiger charge is 2.37. The van der Waals surface area contributed by atoms with Gasteiger partial charge in [0.1, 0.15) is 11.3 Å². The van der Waals surface area contributed by atoms with Crippen molar-refractivity contribution in [3.63, 3.8) is 0 Å². The van der Waals surface area contributed by atoms with E-state index in [4.69, 9.17) is 16.3 Å².